The first-order valence-corrected chi connectivity index (χ1v) is 7.87. The van der Waals surface area contributed by atoms with Gasteiger partial charge in [-0.25, -0.2) is 5.01 Å². The van der Waals surface area contributed by atoms with Crippen LogP contribution in [0.3, 0.4) is 0 Å². The Morgan fingerprint density at radius 2 is 1.83 bits per heavy atom. The molecule has 2 heterocycles. The number of hydrazone groups is 1. The molecule has 5 heteroatoms. The maximum Gasteiger partial charge on any atom is 0.278 e. The van der Waals surface area contributed by atoms with Gasteiger partial charge in [-0.3, -0.25) is 4.79 Å². The highest BCUT2D eigenvalue weighted by atomic mass is 16.5. The number of nitrogens with zero attached hydrogens (tertiary/aromatic N) is 2. The Kier molecular flexibility index (Phi) is 3.30. The second-order valence-electron chi connectivity index (χ2n) is 6.05. The van der Waals surface area contributed by atoms with E-state index >= 15 is 0 Å². The molecule has 0 saturated carbocycles. The molecule has 0 spiro atoms. The van der Waals surface area contributed by atoms with E-state index in [-0.39, 0.29) is 11.9 Å². The molecule has 0 aromatic heterocycles. The predicted molar refractivity (Wildman–Crippen MR) is 90.8 cm³/mol. The Morgan fingerprint density at radius 3 is 2.50 bits per heavy atom. The van der Waals surface area contributed by atoms with Crippen LogP contribution in [0.15, 0.2) is 41.5 Å². The molecule has 0 fully saturated rings. The second kappa shape index (κ2) is 5.37. The van der Waals surface area contributed by atoms with E-state index < -0.39 is 0 Å². The Bertz CT molecular complexity index is 856. The minimum absolute atomic E-state index is 0.0661. The van der Waals surface area contributed by atoms with Crippen molar-refractivity contribution >= 4 is 11.6 Å². The molecule has 2 aliphatic rings. The highest BCUT2D eigenvalue weighted by Gasteiger charge is 2.44. The average Bonchev–Trinajstić information content (AvgIpc) is 3.14. The van der Waals surface area contributed by atoms with E-state index in [0.29, 0.717) is 23.5 Å². The van der Waals surface area contributed by atoms with Crippen LogP contribution >= 0.6 is 0 Å². The molecule has 0 N–H and O–H groups in total. The number of amides is 1. The van der Waals surface area contributed by atoms with Gasteiger partial charge >= 0.3 is 0 Å². The van der Waals surface area contributed by atoms with E-state index in [0.717, 1.165) is 16.8 Å². The van der Waals surface area contributed by atoms with Crippen LogP contribution in [0.1, 0.15) is 39.5 Å². The molecule has 0 unspecified atom stereocenters. The number of carbonyl (C=O) groups is 1. The van der Waals surface area contributed by atoms with E-state index in [4.69, 9.17) is 9.47 Å². The molecule has 122 valence electrons. The van der Waals surface area contributed by atoms with Gasteiger partial charge in [0.2, 0.25) is 0 Å². The molecular formula is C19H18N2O3. The quantitative estimate of drug-likeness (QED) is 0.871. The van der Waals surface area contributed by atoms with Crippen molar-refractivity contribution in [2.45, 2.75) is 19.4 Å². The first kappa shape index (κ1) is 14.8. The van der Waals surface area contributed by atoms with Gasteiger partial charge < -0.3 is 9.47 Å². The van der Waals surface area contributed by atoms with Crippen LogP contribution in [-0.2, 0) is 0 Å². The second-order valence-corrected chi connectivity index (χ2v) is 6.05. The number of rotatable bonds is 3. The molecule has 1 amide bonds. The summed E-state index contributed by atoms with van der Waals surface area (Å²) in [6.07, 6.45) is 0.706. The molecule has 0 saturated heterocycles. The lowest BCUT2D eigenvalue weighted by Crippen LogP contribution is -2.18. The van der Waals surface area contributed by atoms with E-state index in [1.54, 1.807) is 19.2 Å². The van der Waals surface area contributed by atoms with Crippen LogP contribution in [0.25, 0.3) is 0 Å². The van der Waals surface area contributed by atoms with Gasteiger partial charge in [-0.15, -0.1) is 0 Å². The summed E-state index contributed by atoms with van der Waals surface area (Å²) in [6, 6.07) is 11.9. The van der Waals surface area contributed by atoms with Gasteiger partial charge in [-0.2, -0.15) is 5.10 Å². The number of methoxy groups -OCH3 is 2. The number of aryl methyl sites for hydroxylation is 1. The molecule has 0 bridgehead atoms. The van der Waals surface area contributed by atoms with Crippen LogP contribution in [0.2, 0.25) is 0 Å². The number of hydrogen-bond donors (Lipinski definition) is 0. The van der Waals surface area contributed by atoms with Crippen molar-refractivity contribution in [2.24, 2.45) is 5.10 Å². The minimum Gasteiger partial charge on any atom is -0.493 e. The zero-order valence-electron chi connectivity index (χ0n) is 13.9. The summed E-state index contributed by atoms with van der Waals surface area (Å²) in [5.41, 5.74) is 4.71. The topological polar surface area (TPSA) is 51.1 Å². The van der Waals surface area contributed by atoms with Crippen LogP contribution in [0.5, 0.6) is 11.5 Å². The molecule has 2 aliphatic heterocycles. The molecule has 0 radical (unpaired) electrons. The number of fused-ring (bicyclic) bond motifs is 3. The number of carbonyl (C=O) groups excluding carboxylic acids is 1. The first-order chi connectivity index (χ1) is 11.6. The van der Waals surface area contributed by atoms with E-state index in [1.165, 1.54) is 5.56 Å². The van der Waals surface area contributed by atoms with Gasteiger partial charge in [0.25, 0.3) is 5.91 Å². The van der Waals surface area contributed by atoms with Crippen molar-refractivity contribution in [1.29, 1.82) is 0 Å². The third-order valence-corrected chi connectivity index (χ3v) is 4.65. The SMILES string of the molecule is COc1ccc2c(c1OC)C(=O)N1N=C(c3ccc(C)cc3)C[C@@H]21. The lowest BCUT2D eigenvalue weighted by molar-refractivity contribution is 0.0753. The van der Waals surface area contributed by atoms with Gasteiger partial charge in [-0.05, 0) is 24.1 Å². The Labute approximate surface area is 140 Å². The zero-order valence-corrected chi connectivity index (χ0v) is 13.9. The fourth-order valence-corrected chi connectivity index (χ4v) is 3.42. The minimum atomic E-state index is -0.132. The van der Waals surface area contributed by atoms with Gasteiger partial charge in [0, 0.05) is 6.42 Å². The van der Waals surface area contributed by atoms with Crippen molar-refractivity contribution in [3.8, 4) is 11.5 Å². The summed E-state index contributed by atoms with van der Waals surface area (Å²) in [5.74, 6) is 0.919. The van der Waals surface area contributed by atoms with Crippen LogP contribution in [-0.4, -0.2) is 30.8 Å². The summed E-state index contributed by atoms with van der Waals surface area (Å²) in [7, 11) is 3.12. The van der Waals surface area contributed by atoms with E-state index in [1.807, 2.05) is 12.1 Å². The van der Waals surface area contributed by atoms with Crippen LogP contribution in [0, 0.1) is 6.92 Å². The molecule has 2 aromatic rings. The normalized spacial score (nSPS) is 18.3. The van der Waals surface area contributed by atoms with Gasteiger partial charge in [0.15, 0.2) is 11.5 Å². The molecule has 1 atom stereocenters. The van der Waals surface area contributed by atoms with Crippen molar-refractivity contribution in [3.63, 3.8) is 0 Å². The molecule has 2 aromatic carbocycles. The fraction of sp³-hybridized carbons (Fsp3) is 0.263. The monoisotopic (exact) mass is 322 g/mol. The Morgan fingerprint density at radius 1 is 1.08 bits per heavy atom. The third-order valence-electron chi connectivity index (χ3n) is 4.65. The van der Waals surface area contributed by atoms with Crippen LogP contribution in [0.4, 0.5) is 0 Å². The van der Waals surface area contributed by atoms with Crippen molar-refractivity contribution in [3.05, 3.63) is 58.7 Å². The average molecular weight is 322 g/mol. The van der Waals surface area contributed by atoms with E-state index in [9.17, 15) is 4.79 Å². The van der Waals surface area contributed by atoms with Gasteiger partial charge in [-0.1, -0.05) is 35.9 Å². The van der Waals surface area contributed by atoms with E-state index in [2.05, 4.69) is 36.3 Å². The molecule has 5 nitrogen and oxygen atoms in total. The summed E-state index contributed by atoms with van der Waals surface area (Å²) >= 11 is 0. The number of hydrogen-bond acceptors (Lipinski definition) is 4. The molecule has 0 aliphatic carbocycles. The fourth-order valence-electron chi connectivity index (χ4n) is 3.42. The molecule has 4 rings (SSSR count). The van der Waals surface area contributed by atoms with Gasteiger partial charge in [0.1, 0.15) is 0 Å². The lowest BCUT2D eigenvalue weighted by atomic mass is 9.97. The summed E-state index contributed by atoms with van der Waals surface area (Å²) in [4.78, 5) is 12.8. The lowest BCUT2D eigenvalue weighted by Gasteiger charge is -2.12. The smallest absolute Gasteiger partial charge is 0.278 e. The molecular weight excluding hydrogens is 304 g/mol. The standard InChI is InChI=1S/C19H18N2O3/c1-11-4-6-12(7-5-11)14-10-15-13-8-9-16(23-2)18(24-3)17(13)19(22)21(15)20-14/h4-9,15H,10H2,1-3H3/t15-/m0/s1. The Balaban J connectivity index is 1.74. The third kappa shape index (κ3) is 2.01. The number of ether oxygens (including phenoxy) is 2. The highest BCUT2D eigenvalue weighted by molar-refractivity contribution is 6.09. The number of benzene rings is 2. The zero-order chi connectivity index (χ0) is 16.8. The highest BCUT2D eigenvalue weighted by Crippen LogP contribution is 2.47. The first-order valence-electron chi connectivity index (χ1n) is 7.87. The summed E-state index contributed by atoms with van der Waals surface area (Å²) < 4.78 is 10.7. The Hall–Kier alpha value is -2.82. The molecule has 24 heavy (non-hydrogen) atoms. The summed E-state index contributed by atoms with van der Waals surface area (Å²) in [6.45, 7) is 2.05. The van der Waals surface area contributed by atoms with Crippen molar-refractivity contribution < 1.29 is 14.3 Å². The van der Waals surface area contributed by atoms with Crippen molar-refractivity contribution in [1.82, 2.24) is 5.01 Å². The summed E-state index contributed by atoms with van der Waals surface area (Å²) in [5, 5.41) is 6.15. The maximum absolute atomic E-state index is 12.8. The largest absolute Gasteiger partial charge is 0.493 e. The maximum atomic E-state index is 12.8. The predicted octanol–water partition coefficient (Wildman–Crippen LogP) is 3.32. The van der Waals surface area contributed by atoms with Gasteiger partial charge in [0.05, 0.1) is 31.5 Å². The van der Waals surface area contributed by atoms with Crippen LogP contribution < -0.4 is 9.47 Å². The van der Waals surface area contributed by atoms with Crippen molar-refractivity contribution in [2.75, 3.05) is 14.2 Å².